The van der Waals surface area contributed by atoms with Crippen molar-refractivity contribution in [1.82, 2.24) is 4.90 Å². The van der Waals surface area contributed by atoms with Crippen LogP contribution < -0.4 is 0 Å². The van der Waals surface area contributed by atoms with E-state index in [1.54, 1.807) is 6.92 Å². The number of hydrogen-bond donors (Lipinski definition) is 0. The summed E-state index contributed by atoms with van der Waals surface area (Å²) in [5.41, 5.74) is 1.03. The Kier molecular flexibility index (Phi) is 4.30. The molecule has 0 bridgehead atoms. The van der Waals surface area contributed by atoms with Crippen LogP contribution in [-0.4, -0.2) is 31.3 Å². The third-order valence-electron chi connectivity index (χ3n) is 2.31. The van der Waals surface area contributed by atoms with Crippen LogP contribution in [0.5, 0.6) is 0 Å². The average Bonchev–Trinajstić information content (AvgIpc) is 2.15. The summed E-state index contributed by atoms with van der Waals surface area (Å²) < 4.78 is 0. The molecule has 3 heteroatoms. The lowest BCUT2D eigenvalue weighted by molar-refractivity contribution is -0.118. The van der Waals surface area contributed by atoms with Gasteiger partial charge < -0.3 is 4.90 Å². The number of ketones is 1. The third-order valence-corrected chi connectivity index (χ3v) is 2.56. The molecule has 0 saturated heterocycles. The number of likely N-dealkylation sites (N-methyl/N-ethyl adjacent to an activating group) is 1. The Morgan fingerprint density at radius 1 is 1.33 bits per heavy atom. The molecule has 0 aliphatic rings. The van der Waals surface area contributed by atoms with Crippen LogP contribution in [0.4, 0.5) is 0 Å². The molecule has 1 rings (SSSR count). The van der Waals surface area contributed by atoms with Gasteiger partial charge in [0.25, 0.3) is 0 Å². The molecule has 0 aromatic heterocycles. The third kappa shape index (κ3) is 3.65. The van der Waals surface area contributed by atoms with Crippen LogP contribution in [0.25, 0.3) is 0 Å². The minimum absolute atomic E-state index is 0.0581. The van der Waals surface area contributed by atoms with Gasteiger partial charge in [-0.25, -0.2) is 0 Å². The highest BCUT2D eigenvalue weighted by Gasteiger charge is 2.17. The number of Topliss-reactive ketones (excluding diaryl/α,β-unsaturated/α-hetero) is 1. The van der Waals surface area contributed by atoms with E-state index in [-0.39, 0.29) is 11.7 Å². The van der Waals surface area contributed by atoms with E-state index in [0.29, 0.717) is 5.02 Å². The minimum Gasteiger partial charge on any atom is -0.308 e. The Labute approximate surface area is 95.8 Å². The van der Waals surface area contributed by atoms with Gasteiger partial charge in [0.1, 0.15) is 5.78 Å². The van der Waals surface area contributed by atoms with Crippen LogP contribution in [0.1, 0.15) is 18.4 Å². The highest BCUT2D eigenvalue weighted by atomic mass is 35.5. The fourth-order valence-electron chi connectivity index (χ4n) is 1.53. The molecule has 2 nitrogen and oxygen atoms in total. The molecule has 0 fully saturated rings. The molecule has 1 aromatic carbocycles. The zero-order chi connectivity index (χ0) is 11.4. The second-order valence-corrected chi connectivity index (χ2v) is 4.41. The molecule has 1 unspecified atom stereocenters. The minimum atomic E-state index is -0.0581. The topological polar surface area (TPSA) is 20.3 Å². The van der Waals surface area contributed by atoms with Gasteiger partial charge in [-0.1, -0.05) is 23.7 Å². The second kappa shape index (κ2) is 5.29. The van der Waals surface area contributed by atoms with Crippen LogP contribution in [0, 0.1) is 0 Å². The van der Waals surface area contributed by atoms with Crippen molar-refractivity contribution in [3.8, 4) is 0 Å². The first-order valence-corrected chi connectivity index (χ1v) is 5.29. The Hall–Kier alpha value is -0.860. The number of hydrogen-bond acceptors (Lipinski definition) is 2. The summed E-state index contributed by atoms with van der Waals surface area (Å²) in [6, 6.07) is 7.47. The first-order valence-electron chi connectivity index (χ1n) is 4.91. The second-order valence-electron chi connectivity index (χ2n) is 3.98. The summed E-state index contributed by atoms with van der Waals surface area (Å²) in [5, 5.41) is 0.700. The number of carbonyl (C=O) groups excluding carboxylic acids is 1. The van der Waals surface area contributed by atoms with Gasteiger partial charge in [-0.15, -0.1) is 0 Å². The normalized spacial score (nSPS) is 12.9. The van der Waals surface area contributed by atoms with E-state index in [9.17, 15) is 4.79 Å². The molecule has 15 heavy (non-hydrogen) atoms. The van der Waals surface area contributed by atoms with Gasteiger partial charge in [-0.2, -0.15) is 0 Å². The number of benzene rings is 1. The predicted molar refractivity (Wildman–Crippen MR) is 63.4 cm³/mol. The van der Waals surface area contributed by atoms with Crippen LogP contribution in [0.15, 0.2) is 24.3 Å². The molecule has 0 spiro atoms. The van der Waals surface area contributed by atoms with E-state index >= 15 is 0 Å². The van der Waals surface area contributed by atoms with Crippen molar-refractivity contribution in [2.24, 2.45) is 0 Å². The summed E-state index contributed by atoms with van der Waals surface area (Å²) in [4.78, 5) is 13.5. The van der Waals surface area contributed by atoms with E-state index in [1.807, 2.05) is 43.3 Å². The van der Waals surface area contributed by atoms with Crippen molar-refractivity contribution in [1.29, 1.82) is 0 Å². The summed E-state index contributed by atoms with van der Waals surface area (Å²) in [6.07, 6.45) is 0. The van der Waals surface area contributed by atoms with Gasteiger partial charge in [-0.3, -0.25) is 4.79 Å². The Bertz CT molecular complexity index is 332. The van der Waals surface area contributed by atoms with Crippen molar-refractivity contribution < 1.29 is 4.79 Å². The maximum Gasteiger partial charge on any atom is 0.138 e. The van der Waals surface area contributed by atoms with E-state index in [2.05, 4.69) is 0 Å². The SMILES string of the molecule is CC(=O)C(CN(C)C)c1ccc(Cl)cc1. The fourth-order valence-corrected chi connectivity index (χ4v) is 1.65. The largest absolute Gasteiger partial charge is 0.308 e. The van der Waals surface area contributed by atoms with Gasteiger partial charge in [0.15, 0.2) is 0 Å². The molecule has 0 heterocycles. The van der Waals surface area contributed by atoms with Crippen molar-refractivity contribution in [3.63, 3.8) is 0 Å². The molecule has 0 saturated carbocycles. The smallest absolute Gasteiger partial charge is 0.138 e. The number of carbonyl (C=O) groups is 1. The zero-order valence-electron chi connectivity index (χ0n) is 9.33. The van der Waals surface area contributed by atoms with Crippen LogP contribution in [-0.2, 0) is 4.79 Å². The molecule has 0 radical (unpaired) electrons. The monoisotopic (exact) mass is 225 g/mol. The van der Waals surface area contributed by atoms with Crippen molar-refractivity contribution >= 4 is 17.4 Å². The summed E-state index contributed by atoms with van der Waals surface area (Å²) in [5.74, 6) is 0.128. The number of halogens is 1. The molecule has 82 valence electrons. The van der Waals surface area contributed by atoms with Gasteiger partial charge in [0, 0.05) is 11.6 Å². The fraction of sp³-hybridized carbons (Fsp3) is 0.417. The van der Waals surface area contributed by atoms with Crippen molar-refractivity contribution in [2.45, 2.75) is 12.8 Å². The molecule has 1 atom stereocenters. The lowest BCUT2D eigenvalue weighted by Gasteiger charge is -2.18. The molecule has 0 aliphatic carbocycles. The lowest BCUT2D eigenvalue weighted by Crippen LogP contribution is -2.24. The first kappa shape index (κ1) is 12.2. The van der Waals surface area contributed by atoms with Gasteiger partial charge in [-0.05, 0) is 38.7 Å². The quantitative estimate of drug-likeness (QED) is 0.785. The number of rotatable bonds is 4. The van der Waals surface area contributed by atoms with Crippen molar-refractivity contribution in [2.75, 3.05) is 20.6 Å². The van der Waals surface area contributed by atoms with Gasteiger partial charge in [0.2, 0.25) is 0 Å². The van der Waals surface area contributed by atoms with Gasteiger partial charge in [0.05, 0.1) is 5.92 Å². The maximum atomic E-state index is 11.5. The van der Waals surface area contributed by atoms with E-state index in [1.165, 1.54) is 0 Å². The Morgan fingerprint density at radius 3 is 2.27 bits per heavy atom. The number of nitrogens with zero attached hydrogens (tertiary/aromatic N) is 1. The Morgan fingerprint density at radius 2 is 1.87 bits per heavy atom. The summed E-state index contributed by atoms with van der Waals surface area (Å²) in [7, 11) is 3.93. The van der Waals surface area contributed by atoms with E-state index in [4.69, 9.17) is 11.6 Å². The predicted octanol–water partition coefficient (Wildman–Crippen LogP) is 2.57. The zero-order valence-corrected chi connectivity index (χ0v) is 10.1. The highest BCUT2D eigenvalue weighted by molar-refractivity contribution is 6.30. The van der Waals surface area contributed by atoms with Crippen molar-refractivity contribution in [3.05, 3.63) is 34.9 Å². The molecule has 1 aromatic rings. The molecular formula is C12H16ClNO. The van der Waals surface area contributed by atoms with E-state index < -0.39 is 0 Å². The summed E-state index contributed by atoms with van der Waals surface area (Å²) >= 11 is 5.81. The van der Waals surface area contributed by atoms with Gasteiger partial charge >= 0.3 is 0 Å². The average molecular weight is 226 g/mol. The van der Waals surface area contributed by atoms with Crippen LogP contribution in [0.2, 0.25) is 5.02 Å². The maximum absolute atomic E-state index is 11.5. The molecular weight excluding hydrogens is 210 g/mol. The van der Waals surface area contributed by atoms with Crippen LogP contribution in [0.3, 0.4) is 0 Å². The Balaban J connectivity index is 2.89. The van der Waals surface area contributed by atoms with Crippen LogP contribution >= 0.6 is 11.6 Å². The standard InChI is InChI=1S/C12H16ClNO/c1-9(15)12(8-14(2)3)10-4-6-11(13)7-5-10/h4-7,12H,8H2,1-3H3. The molecule has 0 aliphatic heterocycles. The highest BCUT2D eigenvalue weighted by Crippen LogP contribution is 2.20. The summed E-state index contributed by atoms with van der Waals surface area (Å²) in [6.45, 7) is 2.36. The first-order chi connectivity index (χ1) is 7.00. The lowest BCUT2D eigenvalue weighted by atomic mass is 9.95. The molecule has 0 N–H and O–H groups in total. The molecule has 0 amide bonds. The van der Waals surface area contributed by atoms with E-state index in [0.717, 1.165) is 12.1 Å².